The van der Waals surface area contributed by atoms with Crippen molar-refractivity contribution in [2.45, 2.75) is 31.3 Å². The summed E-state index contributed by atoms with van der Waals surface area (Å²) < 4.78 is 1.84. The molecule has 0 spiro atoms. The fourth-order valence-electron chi connectivity index (χ4n) is 5.16. The van der Waals surface area contributed by atoms with E-state index in [1.54, 1.807) is 41.3 Å². The lowest BCUT2D eigenvalue weighted by molar-refractivity contribution is -0.118. The Bertz CT molecular complexity index is 1290. The Labute approximate surface area is 208 Å². The summed E-state index contributed by atoms with van der Waals surface area (Å²) in [6.45, 7) is 1.68. The highest BCUT2D eigenvalue weighted by atomic mass is 35.5. The van der Waals surface area contributed by atoms with Crippen LogP contribution >= 0.6 is 11.6 Å². The number of rotatable bonds is 5. The topological polar surface area (TPSA) is 83.4 Å². The van der Waals surface area contributed by atoms with Crippen LogP contribution in [-0.2, 0) is 17.8 Å². The molecule has 2 N–H and O–H groups in total. The third-order valence-electron chi connectivity index (χ3n) is 6.76. The molecule has 2 aromatic carbocycles. The third-order valence-corrected chi connectivity index (χ3v) is 6.99. The van der Waals surface area contributed by atoms with Gasteiger partial charge in [-0.1, -0.05) is 54.1 Å². The maximum absolute atomic E-state index is 13.4. The smallest absolute Gasteiger partial charge is 0.318 e. The normalized spacial score (nSPS) is 19.4. The van der Waals surface area contributed by atoms with Crippen molar-refractivity contribution in [3.8, 4) is 0 Å². The summed E-state index contributed by atoms with van der Waals surface area (Å²) >= 11 is 6.07. The number of nitrogens with one attached hydrogen (secondary N) is 2. The van der Waals surface area contributed by atoms with Gasteiger partial charge in [0.15, 0.2) is 0 Å². The van der Waals surface area contributed by atoms with Crippen LogP contribution in [0.4, 0.5) is 10.5 Å². The van der Waals surface area contributed by atoms with Gasteiger partial charge in [0.25, 0.3) is 5.56 Å². The molecule has 0 unspecified atom stereocenters. The van der Waals surface area contributed by atoms with Gasteiger partial charge >= 0.3 is 6.03 Å². The zero-order valence-electron chi connectivity index (χ0n) is 19.2. The van der Waals surface area contributed by atoms with Crippen LogP contribution in [0.15, 0.2) is 77.6 Å². The number of likely N-dealkylation sites (tertiary alicyclic amines) is 1. The molecular formula is C27H27ClN4O3. The van der Waals surface area contributed by atoms with Gasteiger partial charge in [0.1, 0.15) is 6.04 Å². The molecule has 3 heterocycles. The molecule has 0 saturated carbocycles. The molecule has 3 atom stereocenters. The second-order valence-electron chi connectivity index (χ2n) is 9.29. The fourth-order valence-corrected chi connectivity index (χ4v) is 5.35. The molecule has 1 fully saturated rings. The predicted molar refractivity (Wildman–Crippen MR) is 136 cm³/mol. The molecule has 3 aromatic rings. The highest BCUT2D eigenvalue weighted by Gasteiger charge is 2.37. The molecule has 3 amide bonds. The molecule has 1 saturated heterocycles. The molecule has 1 aromatic heterocycles. The van der Waals surface area contributed by atoms with Crippen molar-refractivity contribution in [2.24, 2.45) is 5.92 Å². The Morgan fingerprint density at radius 3 is 2.57 bits per heavy atom. The summed E-state index contributed by atoms with van der Waals surface area (Å²) in [7, 11) is 0. The van der Waals surface area contributed by atoms with E-state index in [1.165, 1.54) is 0 Å². The second kappa shape index (κ2) is 9.96. The number of carbonyl (C=O) groups is 2. The van der Waals surface area contributed by atoms with Gasteiger partial charge < -0.3 is 20.1 Å². The highest BCUT2D eigenvalue weighted by molar-refractivity contribution is 6.30. The van der Waals surface area contributed by atoms with Crippen LogP contribution in [0.1, 0.15) is 23.6 Å². The van der Waals surface area contributed by atoms with Crippen molar-refractivity contribution < 1.29 is 9.59 Å². The first-order valence-electron chi connectivity index (χ1n) is 11.8. The number of urea groups is 1. The van der Waals surface area contributed by atoms with Crippen molar-refractivity contribution in [1.29, 1.82) is 0 Å². The van der Waals surface area contributed by atoms with Crippen molar-refractivity contribution in [1.82, 2.24) is 14.8 Å². The lowest BCUT2D eigenvalue weighted by atomic mass is 9.83. The van der Waals surface area contributed by atoms with Gasteiger partial charge in [-0.05, 0) is 42.2 Å². The number of piperidine rings is 1. The maximum Gasteiger partial charge on any atom is 0.318 e. The molecule has 7 nitrogen and oxygen atoms in total. The van der Waals surface area contributed by atoms with Gasteiger partial charge in [0.2, 0.25) is 5.91 Å². The molecule has 8 heteroatoms. The number of hydrogen-bond donors (Lipinski definition) is 2. The number of pyridine rings is 1. The Balaban J connectivity index is 1.32. The average molecular weight is 491 g/mol. The van der Waals surface area contributed by atoms with E-state index in [9.17, 15) is 14.4 Å². The zero-order chi connectivity index (χ0) is 24.4. The van der Waals surface area contributed by atoms with Gasteiger partial charge in [-0.3, -0.25) is 9.59 Å². The van der Waals surface area contributed by atoms with Crippen LogP contribution in [0.25, 0.3) is 0 Å². The van der Waals surface area contributed by atoms with Crippen LogP contribution in [0.5, 0.6) is 0 Å². The summed E-state index contributed by atoms with van der Waals surface area (Å²) in [5, 5.41) is 6.36. The summed E-state index contributed by atoms with van der Waals surface area (Å²) in [6, 6.07) is 20.8. The summed E-state index contributed by atoms with van der Waals surface area (Å²) in [5.74, 6) is 0.00791. The Morgan fingerprint density at radius 1 is 0.971 bits per heavy atom. The number of benzene rings is 2. The van der Waals surface area contributed by atoms with E-state index in [0.717, 1.165) is 17.7 Å². The first kappa shape index (κ1) is 23.2. The number of carbonyl (C=O) groups excluding carboxylic acids is 2. The monoisotopic (exact) mass is 490 g/mol. The number of aromatic nitrogens is 1. The Kier molecular flexibility index (Phi) is 6.59. The number of anilines is 1. The van der Waals surface area contributed by atoms with E-state index in [1.807, 2.05) is 41.0 Å². The van der Waals surface area contributed by atoms with Crippen LogP contribution in [0.2, 0.25) is 5.02 Å². The minimum Gasteiger partial charge on any atom is -0.326 e. The van der Waals surface area contributed by atoms with Gasteiger partial charge in [0, 0.05) is 54.4 Å². The number of hydrogen-bond acceptors (Lipinski definition) is 3. The van der Waals surface area contributed by atoms with Crippen molar-refractivity contribution in [2.75, 3.05) is 18.4 Å². The second-order valence-corrected chi connectivity index (χ2v) is 9.73. The van der Waals surface area contributed by atoms with Crippen LogP contribution in [0.3, 0.4) is 0 Å². The van der Waals surface area contributed by atoms with Gasteiger partial charge in [-0.25, -0.2) is 4.79 Å². The number of amides is 3. The lowest BCUT2D eigenvalue weighted by Gasteiger charge is -2.43. The summed E-state index contributed by atoms with van der Waals surface area (Å²) in [5.41, 5.74) is 2.51. The zero-order valence-corrected chi connectivity index (χ0v) is 19.9. The first-order valence-corrected chi connectivity index (χ1v) is 12.2. The quantitative estimate of drug-likeness (QED) is 0.569. The molecule has 180 valence electrons. The van der Waals surface area contributed by atoms with E-state index in [-0.39, 0.29) is 29.3 Å². The molecule has 2 aliphatic rings. The molecule has 0 radical (unpaired) electrons. The number of halogens is 1. The molecular weight excluding hydrogens is 464 g/mol. The van der Waals surface area contributed by atoms with Crippen LogP contribution in [-0.4, -0.2) is 40.5 Å². The minimum atomic E-state index is -0.763. The molecule has 2 aliphatic heterocycles. The lowest BCUT2D eigenvalue weighted by Crippen LogP contribution is -2.55. The average Bonchev–Trinajstić information content (AvgIpc) is 2.85. The predicted octanol–water partition coefficient (Wildman–Crippen LogP) is 3.88. The number of fused-ring (bicyclic) bond motifs is 4. The van der Waals surface area contributed by atoms with Gasteiger partial charge in [-0.2, -0.15) is 0 Å². The molecule has 35 heavy (non-hydrogen) atoms. The van der Waals surface area contributed by atoms with Gasteiger partial charge in [-0.15, -0.1) is 0 Å². The van der Waals surface area contributed by atoms with E-state index < -0.39 is 6.04 Å². The highest BCUT2D eigenvalue weighted by Crippen LogP contribution is 2.34. The minimum absolute atomic E-state index is 0.00992. The van der Waals surface area contributed by atoms with Crippen LogP contribution < -0.4 is 16.2 Å². The fraction of sp³-hybridized carbons (Fsp3) is 0.296. The largest absolute Gasteiger partial charge is 0.326 e. The van der Waals surface area contributed by atoms with Crippen molar-refractivity contribution >= 4 is 29.2 Å². The molecule has 0 aliphatic carbocycles. The Hall–Kier alpha value is -3.58. The third kappa shape index (κ3) is 5.25. The summed E-state index contributed by atoms with van der Waals surface area (Å²) in [6.07, 6.45) is 1.31. The van der Waals surface area contributed by atoms with Gasteiger partial charge in [0.05, 0.1) is 0 Å². The Morgan fingerprint density at radius 2 is 1.77 bits per heavy atom. The molecule has 2 bridgehead atoms. The summed E-state index contributed by atoms with van der Waals surface area (Å²) in [4.78, 5) is 40.7. The molecule has 5 rings (SSSR count). The van der Waals surface area contributed by atoms with Crippen molar-refractivity contribution in [3.05, 3.63) is 99.4 Å². The van der Waals surface area contributed by atoms with Crippen LogP contribution in [0, 0.1) is 5.92 Å². The van der Waals surface area contributed by atoms with E-state index in [2.05, 4.69) is 10.6 Å². The van der Waals surface area contributed by atoms with Crippen molar-refractivity contribution in [3.63, 3.8) is 0 Å². The van der Waals surface area contributed by atoms with E-state index >= 15 is 0 Å². The first-order chi connectivity index (χ1) is 17.0. The number of nitrogens with zero attached hydrogens (tertiary/aromatic N) is 2. The van der Waals surface area contributed by atoms with E-state index in [4.69, 9.17) is 11.6 Å². The SMILES string of the molecule is O=C(Nc1cccc(Cl)c1)[C@H](Cc1ccccc1)NC(=O)N1C[C@@H]2C[C@H](C1)c1cccc(=O)n1C2. The van der Waals surface area contributed by atoms with E-state index in [0.29, 0.717) is 36.8 Å². The maximum atomic E-state index is 13.4. The standard InChI is InChI=1S/C27H27ClN4O3/c28-21-8-4-9-22(14-21)29-26(34)23(13-18-6-2-1-3-7-18)30-27(35)31-15-19-12-20(17-31)24-10-5-11-25(33)32(24)16-19/h1-11,14,19-20,23H,12-13,15-17H2,(H,29,34)(H,30,35)/t19-,20+,23-/m0/s1.